The first kappa shape index (κ1) is 8.74. The number of rotatable bonds is 0. The summed E-state index contributed by atoms with van der Waals surface area (Å²) in [6.07, 6.45) is 2.73. The van der Waals surface area contributed by atoms with Crippen LogP contribution in [0.15, 0.2) is 11.1 Å². The Bertz CT molecular complexity index is 120. The highest BCUT2D eigenvalue weighted by molar-refractivity contribution is 5.17. The monoisotopic (exact) mass is 126 g/mol. The largest absolute Gasteiger partial charge is 0.0776 e. The van der Waals surface area contributed by atoms with Crippen LogP contribution in [0.2, 0.25) is 0 Å². The van der Waals surface area contributed by atoms with Gasteiger partial charge in [0.2, 0.25) is 0 Å². The van der Waals surface area contributed by atoms with Crippen molar-refractivity contribution >= 4 is 0 Å². The SMILES string of the molecule is C.CC1=C(C)C(C)CC1. The summed E-state index contributed by atoms with van der Waals surface area (Å²) >= 11 is 0. The molecule has 1 unspecified atom stereocenters. The number of allylic oxidation sites excluding steroid dienone is 2. The summed E-state index contributed by atoms with van der Waals surface area (Å²) in [5.74, 6) is 0.870. The lowest BCUT2D eigenvalue weighted by atomic mass is 10.1. The van der Waals surface area contributed by atoms with Crippen LogP contribution in [0.3, 0.4) is 0 Å². The van der Waals surface area contributed by atoms with E-state index in [9.17, 15) is 0 Å². The Morgan fingerprint density at radius 2 is 1.89 bits per heavy atom. The summed E-state index contributed by atoms with van der Waals surface area (Å²) in [7, 11) is 0. The summed E-state index contributed by atoms with van der Waals surface area (Å²) < 4.78 is 0. The maximum absolute atomic E-state index is 2.31. The van der Waals surface area contributed by atoms with Gasteiger partial charge >= 0.3 is 0 Å². The van der Waals surface area contributed by atoms with Gasteiger partial charge in [0.25, 0.3) is 0 Å². The molecule has 54 valence electrons. The minimum atomic E-state index is 0. The van der Waals surface area contributed by atoms with Gasteiger partial charge in [0, 0.05) is 0 Å². The fraction of sp³-hybridized carbons (Fsp3) is 0.778. The van der Waals surface area contributed by atoms with Gasteiger partial charge in [-0.2, -0.15) is 0 Å². The lowest BCUT2D eigenvalue weighted by Gasteiger charge is -2.00. The Labute approximate surface area is 59.0 Å². The van der Waals surface area contributed by atoms with Crippen molar-refractivity contribution in [2.24, 2.45) is 5.92 Å². The lowest BCUT2D eigenvalue weighted by molar-refractivity contribution is 0.669. The molecule has 0 saturated carbocycles. The van der Waals surface area contributed by atoms with E-state index in [1.165, 1.54) is 12.8 Å². The Kier molecular flexibility index (Phi) is 2.96. The lowest BCUT2D eigenvalue weighted by Crippen LogP contribution is -1.86. The van der Waals surface area contributed by atoms with Crippen LogP contribution < -0.4 is 0 Å². The third-order valence-electron chi connectivity index (χ3n) is 2.36. The minimum Gasteiger partial charge on any atom is -0.0776 e. The van der Waals surface area contributed by atoms with E-state index < -0.39 is 0 Å². The molecule has 0 spiro atoms. The van der Waals surface area contributed by atoms with Crippen molar-refractivity contribution in [3.05, 3.63) is 11.1 Å². The molecule has 0 aromatic carbocycles. The van der Waals surface area contributed by atoms with Gasteiger partial charge in [-0.1, -0.05) is 25.5 Å². The Morgan fingerprint density at radius 1 is 1.33 bits per heavy atom. The van der Waals surface area contributed by atoms with Crippen LogP contribution in [0.5, 0.6) is 0 Å². The predicted octanol–water partition coefficient (Wildman–Crippen LogP) is 3.39. The van der Waals surface area contributed by atoms with E-state index in [0.29, 0.717) is 0 Å². The Morgan fingerprint density at radius 3 is 2.00 bits per heavy atom. The van der Waals surface area contributed by atoms with Gasteiger partial charge in [-0.3, -0.25) is 0 Å². The fourth-order valence-electron chi connectivity index (χ4n) is 1.27. The smallest absolute Gasteiger partial charge is 0.0229 e. The highest BCUT2D eigenvalue weighted by atomic mass is 14.2. The second-order valence-corrected chi connectivity index (χ2v) is 2.90. The van der Waals surface area contributed by atoms with Crippen molar-refractivity contribution in [3.8, 4) is 0 Å². The van der Waals surface area contributed by atoms with Gasteiger partial charge in [0.05, 0.1) is 0 Å². The van der Waals surface area contributed by atoms with Crippen LogP contribution >= 0.6 is 0 Å². The normalized spacial score (nSPS) is 26.3. The molecule has 0 heteroatoms. The molecular weight excluding hydrogens is 108 g/mol. The van der Waals surface area contributed by atoms with Crippen LogP contribution in [0.25, 0.3) is 0 Å². The molecule has 0 saturated heterocycles. The van der Waals surface area contributed by atoms with Crippen LogP contribution in [-0.2, 0) is 0 Å². The summed E-state index contributed by atoms with van der Waals surface area (Å²) in [5, 5.41) is 0. The Hall–Kier alpha value is -0.260. The average molecular weight is 126 g/mol. The van der Waals surface area contributed by atoms with Crippen molar-refractivity contribution in [3.63, 3.8) is 0 Å². The third kappa shape index (κ3) is 1.57. The first-order chi connectivity index (χ1) is 3.72. The zero-order chi connectivity index (χ0) is 6.15. The van der Waals surface area contributed by atoms with E-state index in [4.69, 9.17) is 0 Å². The standard InChI is InChI=1S/C8H14.CH4/c1-6-4-5-7(2)8(6)3;/h6H,4-5H2,1-3H3;1H4. The van der Waals surface area contributed by atoms with Crippen molar-refractivity contribution in [2.45, 2.75) is 41.0 Å². The molecular formula is C9H18. The number of hydrogen-bond donors (Lipinski definition) is 0. The van der Waals surface area contributed by atoms with E-state index in [2.05, 4.69) is 20.8 Å². The van der Waals surface area contributed by atoms with Crippen molar-refractivity contribution < 1.29 is 0 Å². The quantitative estimate of drug-likeness (QED) is 0.436. The van der Waals surface area contributed by atoms with E-state index in [1.807, 2.05) is 0 Å². The molecule has 0 aromatic heterocycles. The second kappa shape index (κ2) is 3.05. The molecule has 1 aliphatic rings. The molecule has 0 amide bonds. The molecule has 1 atom stereocenters. The fourth-order valence-corrected chi connectivity index (χ4v) is 1.27. The van der Waals surface area contributed by atoms with Gasteiger partial charge in [-0.25, -0.2) is 0 Å². The molecule has 0 fully saturated rings. The zero-order valence-electron chi connectivity index (χ0n) is 5.99. The first-order valence-corrected chi connectivity index (χ1v) is 3.38. The topological polar surface area (TPSA) is 0 Å². The van der Waals surface area contributed by atoms with Crippen molar-refractivity contribution in [1.82, 2.24) is 0 Å². The summed E-state index contributed by atoms with van der Waals surface area (Å²) in [6, 6.07) is 0. The van der Waals surface area contributed by atoms with Gasteiger partial charge in [0.15, 0.2) is 0 Å². The summed E-state index contributed by atoms with van der Waals surface area (Å²) in [6.45, 7) is 6.82. The molecule has 0 heterocycles. The highest BCUT2D eigenvalue weighted by Crippen LogP contribution is 2.30. The predicted molar refractivity (Wildman–Crippen MR) is 43.5 cm³/mol. The third-order valence-corrected chi connectivity index (χ3v) is 2.36. The highest BCUT2D eigenvalue weighted by Gasteiger charge is 2.13. The molecule has 1 aliphatic carbocycles. The second-order valence-electron chi connectivity index (χ2n) is 2.90. The molecule has 0 N–H and O–H groups in total. The van der Waals surface area contributed by atoms with Crippen LogP contribution in [0, 0.1) is 5.92 Å². The molecule has 0 radical (unpaired) electrons. The summed E-state index contributed by atoms with van der Waals surface area (Å²) in [5.41, 5.74) is 3.25. The van der Waals surface area contributed by atoms with E-state index in [-0.39, 0.29) is 7.43 Å². The maximum atomic E-state index is 2.31. The maximum Gasteiger partial charge on any atom is -0.0229 e. The Balaban J connectivity index is 0.000000640. The van der Waals surface area contributed by atoms with Crippen LogP contribution in [-0.4, -0.2) is 0 Å². The van der Waals surface area contributed by atoms with E-state index in [1.54, 1.807) is 11.1 Å². The zero-order valence-corrected chi connectivity index (χ0v) is 5.99. The summed E-state index contributed by atoms with van der Waals surface area (Å²) in [4.78, 5) is 0. The molecule has 0 aromatic rings. The van der Waals surface area contributed by atoms with Gasteiger partial charge in [-0.05, 0) is 32.6 Å². The average Bonchev–Trinajstić information content (AvgIpc) is 1.98. The molecule has 1 rings (SSSR count). The molecule has 9 heavy (non-hydrogen) atoms. The van der Waals surface area contributed by atoms with Crippen LogP contribution in [0.1, 0.15) is 41.0 Å². The minimum absolute atomic E-state index is 0. The van der Waals surface area contributed by atoms with Gasteiger partial charge in [-0.15, -0.1) is 0 Å². The molecule has 0 nitrogen and oxygen atoms in total. The number of hydrogen-bond acceptors (Lipinski definition) is 0. The van der Waals surface area contributed by atoms with Crippen molar-refractivity contribution in [1.29, 1.82) is 0 Å². The molecule has 0 bridgehead atoms. The molecule has 0 aliphatic heterocycles. The van der Waals surface area contributed by atoms with Gasteiger partial charge < -0.3 is 0 Å². The van der Waals surface area contributed by atoms with Gasteiger partial charge in [0.1, 0.15) is 0 Å². The first-order valence-electron chi connectivity index (χ1n) is 3.38. The van der Waals surface area contributed by atoms with E-state index >= 15 is 0 Å². The van der Waals surface area contributed by atoms with Crippen molar-refractivity contribution in [2.75, 3.05) is 0 Å². The van der Waals surface area contributed by atoms with E-state index in [0.717, 1.165) is 5.92 Å². The van der Waals surface area contributed by atoms with Crippen LogP contribution in [0.4, 0.5) is 0 Å².